The second-order valence-electron chi connectivity index (χ2n) is 6.62. The van der Waals surface area contributed by atoms with E-state index in [9.17, 15) is 0 Å². The van der Waals surface area contributed by atoms with Gasteiger partial charge in [0.2, 0.25) is 0 Å². The molecule has 5 nitrogen and oxygen atoms in total. The Hall–Kier alpha value is -2.15. The quantitative estimate of drug-likeness (QED) is 0.743. The molecule has 0 spiro atoms. The maximum atomic E-state index is 5.55. The van der Waals surface area contributed by atoms with Crippen molar-refractivity contribution in [3.63, 3.8) is 0 Å². The highest BCUT2D eigenvalue weighted by molar-refractivity contribution is 7.80. The standard InChI is InChI=1S/C21H27N3O2S/c1-16(22-21(27)23-18-8-10-19(25-2)11-9-18)20(17-6-4-3-5-7-17)24-12-14-26-15-13-24/h3-11,16,20H,12-15H2,1-2H3,(H2,22,23,27)/t16-,20-/m1/s1. The molecular weight excluding hydrogens is 358 g/mol. The zero-order valence-corrected chi connectivity index (χ0v) is 16.7. The Labute approximate surface area is 166 Å². The third-order valence-electron chi connectivity index (χ3n) is 4.76. The average Bonchev–Trinajstić information content (AvgIpc) is 2.70. The highest BCUT2D eigenvalue weighted by Crippen LogP contribution is 2.25. The lowest BCUT2D eigenvalue weighted by Gasteiger charge is -2.38. The number of rotatable bonds is 6. The van der Waals surface area contributed by atoms with Crippen LogP contribution in [0.4, 0.5) is 5.69 Å². The van der Waals surface area contributed by atoms with Gasteiger partial charge in [0.1, 0.15) is 5.75 Å². The highest BCUT2D eigenvalue weighted by Gasteiger charge is 2.28. The molecule has 2 N–H and O–H groups in total. The Morgan fingerprint density at radius 3 is 2.37 bits per heavy atom. The molecule has 1 aliphatic heterocycles. The van der Waals surface area contributed by atoms with Crippen molar-refractivity contribution < 1.29 is 9.47 Å². The van der Waals surface area contributed by atoms with Gasteiger partial charge in [0, 0.05) is 24.8 Å². The zero-order chi connectivity index (χ0) is 19.1. The number of nitrogens with one attached hydrogen (secondary N) is 2. The molecule has 0 aliphatic carbocycles. The fraction of sp³-hybridized carbons (Fsp3) is 0.381. The number of hydrogen-bond acceptors (Lipinski definition) is 4. The average molecular weight is 386 g/mol. The van der Waals surface area contributed by atoms with Gasteiger partial charge in [-0.05, 0) is 49.0 Å². The van der Waals surface area contributed by atoms with E-state index in [0.717, 1.165) is 37.7 Å². The van der Waals surface area contributed by atoms with Crippen LogP contribution in [0.15, 0.2) is 54.6 Å². The van der Waals surface area contributed by atoms with Crippen LogP contribution in [0.1, 0.15) is 18.5 Å². The summed E-state index contributed by atoms with van der Waals surface area (Å²) in [7, 11) is 1.66. The summed E-state index contributed by atoms with van der Waals surface area (Å²) in [5.74, 6) is 0.823. The summed E-state index contributed by atoms with van der Waals surface area (Å²) in [6.07, 6.45) is 0. The molecule has 1 heterocycles. The molecule has 0 amide bonds. The molecule has 0 saturated carbocycles. The summed E-state index contributed by atoms with van der Waals surface area (Å²) in [6.45, 7) is 5.55. The number of methoxy groups -OCH3 is 1. The topological polar surface area (TPSA) is 45.8 Å². The van der Waals surface area contributed by atoms with Crippen LogP contribution in [-0.2, 0) is 4.74 Å². The van der Waals surface area contributed by atoms with Gasteiger partial charge in [-0.1, -0.05) is 30.3 Å². The molecule has 144 valence electrons. The van der Waals surface area contributed by atoms with E-state index in [1.165, 1.54) is 5.56 Å². The van der Waals surface area contributed by atoms with E-state index in [4.69, 9.17) is 21.7 Å². The molecule has 2 aromatic rings. The van der Waals surface area contributed by atoms with Crippen molar-refractivity contribution >= 4 is 23.0 Å². The first-order valence-electron chi connectivity index (χ1n) is 9.25. The Kier molecular flexibility index (Phi) is 7.04. The number of benzene rings is 2. The normalized spacial score (nSPS) is 17.0. The van der Waals surface area contributed by atoms with Gasteiger partial charge in [0.05, 0.1) is 26.4 Å². The minimum atomic E-state index is 0.142. The SMILES string of the molecule is COc1ccc(NC(=S)N[C@H](C)[C@H](c2ccccc2)N2CCOCC2)cc1. The largest absolute Gasteiger partial charge is 0.497 e. The van der Waals surface area contributed by atoms with Crippen LogP contribution in [-0.4, -0.2) is 49.5 Å². The lowest BCUT2D eigenvalue weighted by Crippen LogP contribution is -2.49. The Morgan fingerprint density at radius 2 is 1.74 bits per heavy atom. The van der Waals surface area contributed by atoms with Gasteiger partial charge in [0.15, 0.2) is 5.11 Å². The molecule has 27 heavy (non-hydrogen) atoms. The fourth-order valence-corrected chi connectivity index (χ4v) is 3.75. The van der Waals surface area contributed by atoms with Crippen molar-refractivity contribution in [1.82, 2.24) is 10.2 Å². The van der Waals surface area contributed by atoms with E-state index in [1.807, 2.05) is 30.3 Å². The number of anilines is 1. The molecule has 0 radical (unpaired) electrons. The summed E-state index contributed by atoms with van der Waals surface area (Å²) in [5, 5.41) is 7.33. The van der Waals surface area contributed by atoms with Crippen molar-refractivity contribution in [2.75, 3.05) is 38.7 Å². The number of ether oxygens (including phenoxy) is 2. The second-order valence-corrected chi connectivity index (χ2v) is 7.03. The summed E-state index contributed by atoms with van der Waals surface area (Å²) < 4.78 is 10.7. The molecule has 0 aromatic heterocycles. The third-order valence-corrected chi connectivity index (χ3v) is 4.98. The maximum Gasteiger partial charge on any atom is 0.171 e. The van der Waals surface area contributed by atoms with E-state index in [0.29, 0.717) is 5.11 Å². The predicted molar refractivity (Wildman–Crippen MR) is 113 cm³/mol. The van der Waals surface area contributed by atoms with Crippen LogP contribution >= 0.6 is 12.2 Å². The number of hydrogen-bond donors (Lipinski definition) is 2. The predicted octanol–water partition coefficient (Wildman–Crippen LogP) is 3.44. The van der Waals surface area contributed by atoms with Crippen LogP contribution in [0.2, 0.25) is 0 Å². The van der Waals surface area contributed by atoms with Crippen molar-refractivity contribution in [3.8, 4) is 5.75 Å². The minimum absolute atomic E-state index is 0.142. The Bertz CT molecular complexity index is 718. The second kappa shape index (κ2) is 9.69. The van der Waals surface area contributed by atoms with E-state index in [1.54, 1.807) is 7.11 Å². The molecule has 2 atom stereocenters. The van der Waals surface area contributed by atoms with Crippen LogP contribution in [0.5, 0.6) is 5.75 Å². The minimum Gasteiger partial charge on any atom is -0.497 e. The monoisotopic (exact) mass is 385 g/mol. The van der Waals surface area contributed by atoms with Gasteiger partial charge in [-0.2, -0.15) is 0 Å². The first-order valence-corrected chi connectivity index (χ1v) is 9.66. The number of thiocarbonyl (C=S) groups is 1. The molecule has 1 saturated heterocycles. The lowest BCUT2D eigenvalue weighted by molar-refractivity contribution is 0.0102. The van der Waals surface area contributed by atoms with Crippen LogP contribution in [0.3, 0.4) is 0 Å². The fourth-order valence-electron chi connectivity index (χ4n) is 3.45. The highest BCUT2D eigenvalue weighted by atomic mass is 32.1. The van der Waals surface area contributed by atoms with Gasteiger partial charge < -0.3 is 20.1 Å². The van der Waals surface area contributed by atoms with Crippen molar-refractivity contribution in [1.29, 1.82) is 0 Å². The van der Waals surface area contributed by atoms with E-state index >= 15 is 0 Å². The molecule has 0 unspecified atom stereocenters. The van der Waals surface area contributed by atoms with Gasteiger partial charge in [-0.15, -0.1) is 0 Å². The molecule has 1 fully saturated rings. The summed E-state index contributed by atoms with van der Waals surface area (Å²) in [4.78, 5) is 2.46. The first-order chi connectivity index (χ1) is 13.2. The van der Waals surface area contributed by atoms with Crippen molar-refractivity contribution in [2.45, 2.75) is 19.0 Å². The van der Waals surface area contributed by atoms with Gasteiger partial charge in [-0.25, -0.2) is 0 Å². The number of nitrogens with zero attached hydrogens (tertiary/aromatic N) is 1. The summed E-state index contributed by atoms with van der Waals surface area (Å²) in [6, 6.07) is 18.7. The molecule has 6 heteroatoms. The van der Waals surface area contributed by atoms with Gasteiger partial charge in [0.25, 0.3) is 0 Å². The molecule has 3 rings (SSSR count). The Balaban J connectivity index is 1.67. The van der Waals surface area contributed by atoms with Crippen LogP contribution < -0.4 is 15.4 Å². The van der Waals surface area contributed by atoms with Crippen molar-refractivity contribution in [3.05, 3.63) is 60.2 Å². The van der Waals surface area contributed by atoms with Gasteiger partial charge >= 0.3 is 0 Å². The van der Waals surface area contributed by atoms with E-state index < -0.39 is 0 Å². The van der Waals surface area contributed by atoms with Crippen LogP contribution in [0.25, 0.3) is 0 Å². The van der Waals surface area contributed by atoms with Crippen LogP contribution in [0, 0.1) is 0 Å². The molecule has 2 aromatic carbocycles. The van der Waals surface area contributed by atoms with E-state index in [-0.39, 0.29) is 12.1 Å². The zero-order valence-electron chi connectivity index (χ0n) is 15.9. The van der Waals surface area contributed by atoms with Crippen molar-refractivity contribution in [2.24, 2.45) is 0 Å². The summed E-state index contributed by atoms with van der Waals surface area (Å²) in [5.41, 5.74) is 2.22. The molecule has 0 bridgehead atoms. The third kappa shape index (κ3) is 5.42. The smallest absolute Gasteiger partial charge is 0.171 e. The maximum absolute atomic E-state index is 5.55. The van der Waals surface area contributed by atoms with Gasteiger partial charge in [-0.3, -0.25) is 4.90 Å². The number of morpholine rings is 1. The van der Waals surface area contributed by atoms with E-state index in [2.05, 4.69) is 46.7 Å². The first kappa shape index (κ1) is 19.6. The molecule has 1 aliphatic rings. The summed E-state index contributed by atoms with van der Waals surface area (Å²) >= 11 is 5.55. The lowest BCUT2D eigenvalue weighted by atomic mass is 9.98. The Morgan fingerprint density at radius 1 is 1.07 bits per heavy atom. The molecular formula is C21H27N3O2S.